The first kappa shape index (κ1) is 29.4. The van der Waals surface area contributed by atoms with Crippen molar-refractivity contribution in [3.63, 3.8) is 0 Å². The van der Waals surface area contributed by atoms with Gasteiger partial charge < -0.3 is 19.7 Å². The minimum Gasteiger partial charge on any atom is -0.470 e. The number of fused-ring (bicyclic) bond motifs is 1. The molecule has 214 valence electrons. The zero-order valence-corrected chi connectivity index (χ0v) is 24.6. The van der Waals surface area contributed by atoms with Crippen LogP contribution >= 0.6 is 11.6 Å². The van der Waals surface area contributed by atoms with E-state index in [-0.39, 0.29) is 36.1 Å². The molecule has 3 aromatic rings. The van der Waals surface area contributed by atoms with Crippen molar-refractivity contribution in [2.45, 2.75) is 52.5 Å². The molecule has 0 spiro atoms. The van der Waals surface area contributed by atoms with Gasteiger partial charge >= 0.3 is 6.09 Å². The van der Waals surface area contributed by atoms with Gasteiger partial charge in [-0.1, -0.05) is 17.7 Å². The molecule has 0 atom stereocenters. The van der Waals surface area contributed by atoms with E-state index < -0.39 is 15.6 Å². The van der Waals surface area contributed by atoms with Crippen LogP contribution in [0.25, 0.3) is 0 Å². The van der Waals surface area contributed by atoms with Crippen LogP contribution in [0.1, 0.15) is 43.3 Å². The highest BCUT2D eigenvalue weighted by molar-refractivity contribution is 7.88. The van der Waals surface area contributed by atoms with Crippen LogP contribution in [0.3, 0.4) is 0 Å². The van der Waals surface area contributed by atoms with Gasteiger partial charge in [-0.05, 0) is 50.5 Å². The average Bonchev–Trinajstić information content (AvgIpc) is 2.88. The number of aromatic nitrogens is 4. The highest BCUT2D eigenvalue weighted by atomic mass is 35.5. The summed E-state index contributed by atoms with van der Waals surface area (Å²) in [5.74, 6) is 0.417. The molecule has 1 aliphatic rings. The Balaban J connectivity index is 1.42. The van der Waals surface area contributed by atoms with Gasteiger partial charge in [0.05, 0.1) is 24.7 Å². The number of rotatable bonds is 8. The van der Waals surface area contributed by atoms with Gasteiger partial charge in [0.15, 0.2) is 0 Å². The van der Waals surface area contributed by atoms with Gasteiger partial charge in [-0.25, -0.2) is 18.2 Å². The number of carbonyl (C=O) groups excluding carboxylic acids is 1. The number of ether oxygens (including phenoxy) is 2. The fraction of sp³-hybridized carbons (Fsp3) is 0.423. The quantitative estimate of drug-likeness (QED) is 0.411. The fourth-order valence-electron chi connectivity index (χ4n) is 3.87. The largest absolute Gasteiger partial charge is 0.470 e. The van der Waals surface area contributed by atoms with Crippen LogP contribution < -0.4 is 10.1 Å². The Morgan fingerprint density at radius 1 is 1.15 bits per heavy atom. The molecular weight excluding hydrogens is 558 g/mol. The van der Waals surface area contributed by atoms with E-state index in [1.807, 2.05) is 39.0 Å². The number of hydrogen-bond acceptors (Lipinski definition) is 10. The molecule has 12 nitrogen and oxygen atoms in total. The van der Waals surface area contributed by atoms with Crippen molar-refractivity contribution in [3.8, 4) is 5.88 Å². The molecule has 0 aliphatic carbocycles. The lowest BCUT2D eigenvalue weighted by atomic mass is 9.99. The lowest BCUT2D eigenvalue weighted by Gasteiger charge is -2.31. The third-order valence-electron chi connectivity index (χ3n) is 5.98. The molecule has 1 amide bonds. The first-order chi connectivity index (χ1) is 18.8. The second-order valence-corrected chi connectivity index (χ2v) is 12.9. The summed E-state index contributed by atoms with van der Waals surface area (Å²) >= 11 is 6.28. The second kappa shape index (κ2) is 11.9. The lowest BCUT2D eigenvalue weighted by Crippen LogP contribution is -2.39. The maximum absolute atomic E-state index is 12.5. The molecule has 1 aliphatic heterocycles. The zero-order valence-electron chi connectivity index (χ0n) is 23.0. The Morgan fingerprint density at radius 2 is 1.88 bits per heavy atom. The van der Waals surface area contributed by atoms with Crippen molar-refractivity contribution in [1.82, 2.24) is 29.1 Å². The first-order valence-corrected chi connectivity index (χ1v) is 14.7. The summed E-state index contributed by atoms with van der Waals surface area (Å²) in [6.07, 6.45) is 5.91. The van der Waals surface area contributed by atoms with Crippen LogP contribution in [0.4, 0.5) is 16.4 Å². The van der Waals surface area contributed by atoms with Crippen LogP contribution in [-0.2, 0) is 40.9 Å². The van der Waals surface area contributed by atoms with Crippen LogP contribution in [0.5, 0.6) is 5.88 Å². The van der Waals surface area contributed by atoms with Gasteiger partial charge in [0, 0.05) is 38.2 Å². The van der Waals surface area contributed by atoms with Gasteiger partial charge in [0.2, 0.25) is 21.9 Å². The summed E-state index contributed by atoms with van der Waals surface area (Å²) < 4.78 is 36.1. The van der Waals surface area contributed by atoms with Gasteiger partial charge in [0.25, 0.3) is 0 Å². The number of benzene rings is 1. The Bertz CT molecular complexity index is 1500. The van der Waals surface area contributed by atoms with Crippen LogP contribution in [-0.4, -0.2) is 69.1 Å². The maximum Gasteiger partial charge on any atom is 0.410 e. The number of halogens is 1. The first-order valence-electron chi connectivity index (χ1n) is 12.5. The highest BCUT2D eigenvalue weighted by Gasteiger charge is 2.26. The molecule has 40 heavy (non-hydrogen) atoms. The number of nitrogens with zero attached hydrogens (tertiary/aromatic N) is 6. The molecule has 0 unspecified atom stereocenters. The van der Waals surface area contributed by atoms with Crippen LogP contribution in [0, 0.1) is 0 Å². The van der Waals surface area contributed by atoms with Gasteiger partial charge in [-0.3, -0.25) is 9.97 Å². The molecule has 1 N–H and O–H groups in total. The topological polar surface area (TPSA) is 140 Å². The predicted octanol–water partition coefficient (Wildman–Crippen LogP) is 3.93. The number of hydrogen-bond donors (Lipinski definition) is 1. The van der Waals surface area contributed by atoms with Gasteiger partial charge in [0.1, 0.15) is 22.9 Å². The monoisotopic (exact) mass is 589 g/mol. The van der Waals surface area contributed by atoms with E-state index in [0.717, 1.165) is 23.1 Å². The Kier molecular flexibility index (Phi) is 8.76. The summed E-state index contributed by atoms with van der Waals surface area (Å²) in [6.45, 7) is 6.61. The molecule has 1 aromatic carbocycles. The summed E-state index contributed by atoms with van der Waals surface area (Å²) in [4.78, 5) is 31.3. The summed E-state index contributed by atoms with van der Waals surface area (Å²) in [6, 6.07) is 5.86. The van der Waals surface area contributed by atoms with Crippen LogP contribution in [0.2, 0.25) is 5.02 Å². The van der Waals surface area contributed by atoms with E-state index in [1.165, 1.54) is 29.9 Å². The van der Waals surface area contributed by atoms with Crippen molar-refractivity contribution in [3.05, 3.63) is 64.3 Å². The van der Waals surface area contributed by atoms with E-state index in [2.05, 4.69) is 25.3 Å². The second-order valence-electron chi connectivity index (χ2n) is 10.4. The van der Waals surface area contributed by atoms with Crippen molar-refractivity contribution in [2.75, 3.05) is 25.2 Å². The molecule has 14 heteroatoms. The summed E-state index contributed by atoms with van der Waals surface area (Å²) in [5.41, 5.74) is 3.31. The van der Waals surface area contributed by atoms with Crippen molar-refractivity contribution >= 4 is 39.4 Å². The Labute approximate surface area is 238 Å². The van der Waals surface area contributed by atoms with E-state index in [4.69, 9.17) is 21.1 Å². The molecule has 0 fully saturated rings. The van der Waals surface area contributed by atoms with Crippen molar-refractivity contribution in [2.24, 2.45) is 0 Å². The lowest BCUT2D eigenvalue weighted by molar-refractivity contribution is 0.0224. The molecule has 2 aromatic heterocycles. The molecular formula is C26H32ClN7O5S. The standard InChI is InChI=1S/C26H32ClN7O5S/c1-26(2,3)39-25(35)34-11-8-17-12-19(7-6-18(17)14-34)31-24-30-13-20(27)23(32-24)38-16-22-21(28-9-10-29-22)15-33(4)40(5,36)37/h6-7,9-10,12-13H,8,11,14-16H2,1-5H3,(H,30,31,32). The SMILES string of the molecule is CN(Cc1nccnc1COc1nc(Nc2ccc3c(c2)CCN(C(=O)OC(C)(C)C)C3)ncc1Cl)S(C)(=O)=O. The zero-order chi connectivity index (χ0) is 29.1. The number of carbonyl (C=O) groups is 1. The molecule has 0 radical (unpaired) electrons. The number of nitrogens with one attached hydrogen (secondary N) is 1. The highest BCUT2D eigenvalue weighted by Crippen LogP contribution is 2.27. The third kappa shape index (κ3) is 7.77. The minimum absolute atomic E-state index is 0.0239. The Morgan fingerprint density at radius 3 is 2.58 bits per heavy atom. The molecule has 3 heterocycles. The average molecular weight is 590 g/mol. The molecule has 0 bridgehead atoms. The van der Waals surface area contributed by atoms with Gasteiger partial charge in [-0.15, -0.1) is 0 Å². The normalized spacial score (nSPS) is 13.6. The minimum atomic E-state index is -3.39. The smallest absolute Gasteiger partial charge is 0.410 e. The predicted molar refractivity (Wildman–Crippen MR) is 150 cm³/mol. The van der Waals surface area contributed by atoms with E-state index in [9.17, 15) is 13.2 Å². The van der Waals surface area contributed by atoms with E-state index in [0.29, 0.717) is 30.9 Å². The third-order valence-corrected chi connectivity index (χ3v) is 7.50. The van der Waals surface area contributed by atoms with Crippen molar-refractivity contribution < 1.29 is 22.7 Å². The van der Waals surface area contributed by atoms with E-state index >= 15 is 0 Å². The summed E-state index contributed by atoms with van der Waals surface area (Å²) in [7, 11) is -1.93. The molecule has 4 rings (SSSR count). The van der Waals surface area contributed by atoms with Crippen molar-refractivity contribution in [1.29, 1.82) is 0 Å². The molecule has 0 saturated heterocycles. The van der Waals surface area contributed by atoms with Gasteiger partial charge in [-0.2, -0.15) is 9.29 Å². The number of sulfonamides is 1. The Hall–Kier alpha value is -3.55. The number of anilines is 2. The summed E-state index contributed by atoms with van der Waals surface area (Å²) in [5, 5.41) is 3.38. The van der Waals surface area contributed by atoms with Crippen LogP contribution in [0.15, 0.2) is 36.8 Å². The fourth-order valence-corrected chi connectivity index (χ4v) is 4.37. The number of amides is 1. The molecule has 0 saturated carbocycles. The maximum atomic E-state index is 12.5. The van der Waals surface area contributed by atoms with E-state index in [1.54, 1.807) is 4.90 Å².